The normalized spacial score (nSPS) is 9.93. The molecule has 2 amide bonds. The van der Waals surface area contributed by atoms with Gasteiger partial charge >= 0.3 is 0 Å². The van der Waals surface area contributed by atoms with E-state index in [0.717, 1.165) is 0 Å². The minimum Gasteiger partial charge on any atom is -0.322 e. The molecule has 3 rings (SSSR count). The molecule has 7 heteroatoms. The molecule has 0 saturated heterocycles. The molecule has 1 aromatic heterocycles. The van der Waals surface area contributed by atoms with Crippen molar-refractivity contribution < 1.29 is 9.59 Å². The van der Waals surface area contributed by atoms with Crippen LogP contribution in [0.2, 0.25) is 5.02 Å². The van der Waals surface area contributed by atoms with Gasteiger partial charge in [-0.05, 0) is 42.5 Å². The number of rotatable bonds is 4. The lowest BCUT2D eigenvalue weighted by Gasteiger charge is -2.08. The second-order valence-electron chi connectivity index (χ2n) is 5.57. The Balaban J connectivity index is 1.75. The molecule has 0 bridgehead atoms. The number of hydrogen-bond donors (Lipinski definition) is 2. The van der Waals surface area contributed by atoms with Crippen molar-refractivity contribution in [1.82, 2.24) is 4.98 Å². The van der Waals surface area contributed by atoms with Crippen LogP contribution in [0, 0.1) is 11.3 Å². The largest absolute Gasteiger partial charge is 0.322 e. The van der Waals surface area contributed by atoms with Crippen molar-refractivity contribution in [2.75, 3.05) is 10.6 Å². The van der Waals surface area contributed by atoms with Crippen molar-refractivity contribution in [1.29, 1.82) is 5.26 Å². The van der Waals surface area contributed by atoms with Crippen molar-refractivity contribution in [2.45, 2.75) is 0 Å². The van der Waals surface area contributed by atoms with Gasteiger partial charge in [0.25, 0.3) is 11.8 Å². The van der Waals surface area contributed by atoms with E-state index in [1.54, 1.807) is 48.5 Å². The molecule has 0 unspecified atom stereocenters. The molecule has 0 spiro atoms. The maximum atomic E-state index is 12.4. The van der Waals surface area contributed by atoms with E-state index in [2.05, 4.69) is 15.6 Å². The molecule has 0 aliphatic heterocycles. The van der Waals surface area contributed by atoms with Crippen LogP contribution in [0.15, 0.2) is 67.0 Å². The molecule has 2 aromatic carbocycles. The average molecular weight is 377 g/mol. The van der Waals surface area contributed by atoms with E-state index in [0.29, 0.717) is 22.0 Å². The fourth-order valence-corrected chi connectivity index (χ4v) is 2.52. The Morgan fingerprint density at radius 1 is 0.889 bits per heavy atom. The summed E-state index contributed by atoms with van der Waals surface area (Å²) in [6.07, 6.45) is 2.73. The molecule has 0 radical (unpaired) electrons. The summed E-state index contributed by atoms with van der Waals surface area (Å²) in [5.41, 5.74) is 1.90. The van der Waals surface area contributed by atoms with Crippen LogP contribution in [-0.2, 0) is 0 Å². The summed E-state index contributed by atoms with van der Waals surface area (Å²) in [6.45, 7) is 0. The second-order valence-corrected chi connectivity index (χ2v) is 6.01. The van der Waals surface area contributed by atoms with Gasteiger partial charge in [0, 0.05) is 28.8 Å². The number of halogens is 1. The first kappa shape index (κ1) is 18.1. The molecule has 6 nitrogen and oxygen atoms in total. The van der Waals surface area contributed by atoms with Gasteiger partial charge in [0.05, 0.1) is 22.8 Å². The number of carbonyl (C=O) groups is 2. The maximum absolute atomic E-state index is 12.4. The fraction of sp³-hybridized carbons (Fsp3) is 0. The lowest BCUT2D eigenvalue weighted by Crippen LogP contribution is -2.16. The van der Waals surface area contributed by atoms with Crippen molar-refractivity contribution >= 4 is 34.8 Å². The topological polar surface area (TPSA) is 94.9 Å². The van der Waals surface area contributed by atoms with Crippen LogP contribution < -0.4 is 10.6 Å². The average Bonchev–Trinajstić information content (AvgIpc) is 2.68. The van der Waals surface area contributed by atoms with E-state index in [1.165, 1.54) is 18.5 Å². The molecule has 0 aliphatic rings. The first-order valence-corrected chi connectivity index (χ1v) is 8.26. The van der Waals surface area contributed by atoms with Crippen LogP contribution in [0.1, 0.15) is 26.3 Å². The van der Waals surface area contributed by atoms with Gasteiger partial charge in [-0.15, -0.1) is 0 Å². The van der Waals surface area contributed by atoms with Crippen LogP contribution in [-0.4, -0.2) is 16.8 Å². The number of nitrogens with one attached hydrogen (secondary N) is 2. The van der Waals surface area contributed by atoms with E-state index in [-0.39, 0.29) is 11.1 Å². The van der Waals surface area contributed by atoms with Gasteiger partial charge in [0.2, 0.25) is 0 Å². The lowest BCUT2D eigenvalue weighted by atomic mass is 10.1. The number of nitriles is 1. The monoisotopic (exact) mass is 376 g/mol. The summed E-state index contributed by atoms with van der Waals surface area (Å²) in [5, 5.41) is 14.8. The Bertz CT molecular complexity index is 1060. The van der Waals surface area contributed by atoms with Gasteiger partial charge in [-0.25, -0.2) is 0 Å². The minimum absolute atomic E-state index is 0.219. The van der Waals surface area contributed by atoms with Gasteiger partial charge in [0.1, 0.15) is 0 Å². The van der Waals surface area contributed by atoms with Gasteiger partial charge in [-0.1, -0.05) is 23.7 Å². The number of amides is 2. The SMILES string of the molecule is N#Cc1cccc(NC(=O)c2cncc(C(=O)Nc3cccc(Cl)c3)c2)c1. The molecule has 0 aliphatic carbocycles. The zero-order valence-electron chi connectivity index (χ0n) is 13.9. The van der Waals surface area contributed by atoms with Crippen LogP contribution in [0.3, 0.4) is 0 Å². The quantitative estimate of drug-likeness (QED) is 0.716. The number of carbonyl (C=O) groups excluding carboxylic acids is 2. The molecule has 3 aromatic rings. The molecular formula is C20H13ClN4O2. The molecule has 27 heavy (non-hydrogen) atoms. The number of pyridine rings is 1. The molecule has 0 saturated carbocycles. The Hall–Kier alpha value is -3.69. The summed E-state index contributed by atoms with van der Waals surface area (Å²) in [5.74, 6) is -0.846. The first-order chi connectivity index (χ1) is 13.0. The Kier molecular flexibility index (Phi) is 5.45. The predicted octanol–water partition coefficient (Wildman–Crippen LogP) is 4.11. The highest BCUT2D eigenvalue weighted by molar-refractivity contribution is 6.31. The van der Waals surface area contributed by atoms with Crippen LogP contribution in [0.25, 0.3) is 0 Å². The first-order valence-electron chi connectivity index (χ1n) is 7.88. The Labute approximate surface area is 160 Å². The minimum atomic E-state index is -0.435. The zero-order chi connectivity index (χ0) is 19.2. The highest BCUT2D eigenvalue weighted by Gasteiger charge is 2.12. The molecule has 1 heterocycles. The molecular weight excluding hydrogens is 364 g/mol. The number of nitrogens with zero attached hydrogens (tertiary/aromatic N) is 2. The van der Waals surface area contributed by atoms with E-state index >= 15 is 0 Å². The molecule has 0 fully saturated rings. The van der Waals surface area contributed by atoms with Gasteiger partial charge in [-0.3, -0.25) is 14.6 Å². The number of aromatic nitrogens is 1. The number of benzene rings is 2. The third-order valence-corrected chi connectivity index (χ3v) is 3.83. The van der Waals surface area contributed by atoms with Gasteiger partial charge < -0.3 is 10.6 Å². The molecule has 132 valence electrons. The summed E-state index contributed by atoms with van der Waals surface area (Å²) < 4.78 is 0. The van der Waals surface area contributed by atoms with Crippen LogP contribution in [0.4, 0.5) is 11.4 Å². The Morgan fingerprint density at radius 2 is 1.48 bits per heavy atom. The van der Waals surface area contributed by atoms with Crippen molar-refractivity contribution in [3.8, 4) is 6.07 Å². The van der Waals surface area contributed by atoms with E-state index in [9.17, 15) is 9.59 Å². The number of hydrogen-bond acceptors (Lipinski definition) is 4. The maximum Gasteiger partial charge on any atom is 0.257 e. The van der Waals surface area contributed by atoms with Crippen LogP contribution >= 0.6 is 11.6 Å². The second kappa shape index (κ2) is 8.13. The zero-order valence-corrected chi connectivity index (χ0v) is 14.7. The Morgan fingerprint density at radius 3 is 2.07 bits per heavy atom. The van der Waals surface area contributed by atoms with Crippen molar-refractivity contribution in [3.05, 3.63) is 88.7 Å². The van der Waals surface area contributed by atoms with E-state index < -0.39 is 11.8 Å². The summed E-state index contributed by atoms with van der Waals surface area (Å²) in [7, 11) is 0. The lowest BCUT2D eigenvalue weighted by molar-refractivity contribution is 0.102. The van der Waals surface area contributed by atoms with E-state index in [1.807, 2.05) is 6.07 Å². The molecule has 0 atom stereocenters. The fourth-order valence-electron chi connectivity index (χ4n) is 2.33. The van der Waals surface area contributed by atoms with Crippen LogP contribution in [0.5, 0.6) is 0 Å². The van der Waals surface area contributed by atoms with Gasteiger partial charge in [0.15, 0.2) is 0 Å². The smallest absolute Gasteiger partial charge is 0.257 e. The van der Waals surface area contributed by atoms with Crippen molar-refractivity contribution in [2.24, 2.45) is 0 Å². The third kappa shape index (κ3) is 4.69. The summed E-state index contributed by atoms with van der Waals surface area (Å²) in [4.78, 5) is 28.7. The number of anilines is 2. The predicted molar refractivity (Wildman–Crippen MR) is 103 cm³/mol. The highest BCUT2D eigenvalue weighted by atomic mass is 35.5. The standard InChI is InChI=1S/C20H13ClN4O2/c21-16-4-2-6-18(9-16)25-20(27)15-8-14(11-23-12-15)19(26)24-17-5-1-3-13(7-17)10-22/h1-9,11-12H,(H,24,26)(H,25,27). The van der Waals surface area contributed by atoms with Gasteiger partial charge in [-0.2, -0.15) is 5.26 Å². The van der Waals surface area contributed by atoms with Crippen molar-refractivity contribution in [3.63, 3.8) is 0 Å². The highest BCUT2D eigenvalue weighted by Crippen LogP contribution is 2.16. The summed E-state index contributed by atoms with van der Waals surface area (Å²) >= 11 is 5.90. The van der Waals surface area contributed by atoms with E-state index in [4.69, 9.17) is 16.9 Å². The molecule has 2 N–H and O–H groups in total. The summed E-state index contributed by atoms with van der Waals surface area (Å²) in [6, 6.07) is 16.7. The third-order valence-electron chi connectivity index (χ3n) is 3.59.